The van der Waals surface area contributed by atoms with Gasteiger partial charge in [0.05, 0.1) is 7.11 Å². The van der Waals surface area contributed by atoms with Crippen LogP contribution in [0.2, 0.25) is 0 Å². The molecule has 2 amide bonds. The monoisotopic (exact) mass is 385 g/mol. The van der Waals surface area contributed by atoms with Gasteiger partial charge in [-0.1, -0.05) is 12.5 Å². The molecule has 144 valence electrons. The number of anilines is 1. The van der Waals surface area contributed by atoms with E-state index in [0.29, 0.717) is 12.1 Å². The lowest BCUT2D eigenvalue weighted by molar-refractivity contribution is 0.0208. The minimum atomic E-state index is -0.116. The maximum atomic E-state index is 12.4. The molecule has 2 atom stereocenters. The maximum Gasteiger partial charge on any atom is 0.319 e. The molecule has 2 aliphatic heterocycles. The highest BCUT2D eigenvalue weighted by molar-refractivity contribution is 7.09. The summed E-state index contributed by atoms with van der Waals surface area (Å²) in [6.07, 6.45) is 5.86. The Morgan fingerprint density at radius 1 is 1.19 bits per heavy atom. The predicted octanol–water partition coefficient (Wildman–Crippen LogP) is 4.46. The maximum absolute atomic E-state index is 12.4. The summed E-state index contributed by atoms with van der Waals surface area (Å²) in [5, 5.41) is 8.29. The first-order chi connectivity index (χ1) is 13.2. The van der Waals surface area contributed by atoms with Crippen LogP contribution in [0, 0.1) is 0 Å². The fourth-order valence-corrected chi connectivity index (χ4v) is 5.18. The Labute approximate surface area is 164 Å². The predicted molar refractivity (Wildman–Crippen MR) is 109 cm³/mol. The first-order valence-corrected chi connectivity index (χ1v) is 10.6. The highest BCUT2D eigenvalue weighted by Gasteiger charge is 2.38. The van der Waals surface area contributed by atoms with Crippen molar-refractivity contribution in [3.05, 3.63) is 46.7 Å². The Balaban J connectivity index is 1.33. The first kappa shape index (κ1) is 18.3. The molecule has 2 N–H and O–H groups in total. The van der Waals surface area contributed by atoms with Gasteiger partial charge in [0.1, 0.15) is 5.75 Å². The molecule has 2 aromatic rings. The quantitative estimate of drug-likeness (QED) is 0.799. The molecule has 0 saturated carbocycles. The van der Waals surface area contributed by atoms with E-state index in [1.54, 1.807) is 7.11 Å². The minimum absolute atomic E-state index is 0.116. The zero-order valence-electron chi connectivity index (χ0n) is 15.7. The molecule has 27 heavy (non-hydrogen) atoms. The van der Waals surface area contributed by atoms with Crippen molar-refractivity contribution in [2.75, 3.05) is 12.4 Å². The Hall–Kier alpha value is -2.05. The molecule has 0 unspecified atom stereocenters. The second-order valence-electron chi connectivity index (χ2n) is 7.49. The van der Waals surface area contributed by atoms with Crippen molar-refractivity contribution in [3.8, 4) is 5.75 Å². The number of benzene rings is 1. The van der Waals surface area contributed by atoms with Gasteiger partial charge in [0.25, 0.3) is 0 Å². The first-order valence-electron chi connectivity index (χ1n) is 9.71. The summed E-state index contributed by atoms with van der Waals surface area (Å²) in [5.74, 6) is 0.784. The highest BCUT2D eigenvalue weighted by atomic mass is 32.1. The van der Waals surface area contributed by atoms with Gasteiger partial charge in [-0.15, -0.1) is 11.3 Å². The van der Waals surface area contributed by atoms with Crippen LogP contribution >= 0.6 is 11.3 Å². The van der Waals surface area contributed by atoms with E-state index in [2.05, 4.69) is 33.0 Å². The molecular weight excluding hydrogens is 358 g/mol. The summed E-state index contributed by atoms with van der Waals surface area (Å²) in [6.45, 7) is 1.05. The van der Waals surface area contributed by atoms with Crippen LogP contribution in [0.4, 0.5) is 10.5 Å². The van der Waals surface area contributed by atoms with E-state index in [0.717, 1.165) is 30.8 Å². The lowest BCUT2D eigenvalue weighted by Crippen LogP contribution is -2.56. The average Bonchev–Trinajstić information content (AvgIpc) is 3.16. The van der Waals surface area contributed by atoms with Crippen LogP contribution in [-0.2, 0) is 6.54 Å². The minimum Gasteiger partial charge on any atom is -0.497 e. The van der Waals surface area contributed by atoms with E-state index < -0.39 is 0 Å². The Bertz CT molecular complexity index is 733. The molecule has 6 heteroatoms. The number of thiophene rings is 1. The Kier molecular flexibility index (Phi) is 5.64. The number of nitrogens with zero attached hydrogens (tertiary/aromatic N) is 1. The van der Waals surface area contributed by atoms with Crippen molar-refractivity contribution in [1.82, 2.24) is 10.2 Å². The van der Waals surface area contributed by atoms with Crippen molar-refractivity contribution in [2.24, 2.45) is 0 Å². The van der Waals surface area contributed by atoms with Crippen molar-refractivity contribution in [1.29, 1.82) is 0 Å². The SMILES string of the molecule is COc1ccc(NC(=O)NC2C[C@@H]3CCC[C@@H](C2)N3Cc2cccs2)cc1. The third kappa shape index (κ3) is 4.45. The number of amides is 2. The van der Waals surface area contributed by atoms with Crippen LogP contribution in [0.5, 0.6) is 5.75 Å². The van der Waals surface area contributed by atoms with Crippen LogP contribution in [0.3, 0.4) is 0 Å². The van der Waals surface area contributed by atoms with Gasteiger partial charge in [-0.25, -0.2) is 4.79 Å². The van der Waals surface area contributed by atoms with Crippen molar-refractivity contribution in [3.63, 3.8) is 0 Å². The molecular formula is C21H27N3O2S. The summed E-state index contributed by atoms with van der Waals surface area (Å²) >= 11 is 1.84. The van der Waals surface area contributed by atoms with E-state index in [1.165, 1.54) is 24.1 Å². The molecule has 1 aromatic heterocycles. The van der Waals surface area contributed by atoms with Crippen molar-refractivity contribution >= 4 is 23.1 Å². The number of carbonyl (C=O) groups is 1. The lowest BCUT2D eigenvalue weighted by Gasteiger charge is -2.48. The Morgan fingerprint density at radius 3 is 2.56 bits per heavy atom. The molecule has 2 aliphatic rings. The number of nitrogens with one attached hydrogen (secondary N) is 2. The van der Waals surface area contributed by atoms with Crippen LogP contribution in [0.15, 0.2) is 41.8 Å². The highest BCUT2D eigenvalue weighted by Crippen LogP contribution is 2.35. The lowest BCUT2D eigenvalue weighted by atomic mass is 9.81. The number of rotatable bonds is 5. The van der Waals surface area contributed by atoms with Gasteiger partial charge in [0.15, 0.2) is 0 Å². The number of fused-ring (bicyclic) bond motifs is 2. The third-order valence-corrected chi connectivity index (χ3v) is 6.59. The van der Waals surface area contributed by atoms with E-state index in [9.17, 15) is 4.79 Å². The fourth-order valence-electron chi connectivity index (χ4n) is 4.46. The molecule has 4 rings (SSSR count). The van der Waals surface area contributed by atoms with Crippen LogP contribution in [0.25, 0.3) is 0 Å². The molecule has 5 nitrogen and oxygen atoms in total. The van der Waals surface area contributed by atoms with E-state index in [-0.39, 0.29) is 12.1 Å². The largest absolute Gasteiger partial charge is 0.497 e. The van der Waals surface area contributed by atoms with Crippen LogP contribution < -0.4 is 15.4 Å². The summed E-state index contributed by atoms with van der Waals surface area (Å²) in [7, 11) is 1.64. The summed E-state index contributed by atoms with van der Waals surface area (Å²) in [4.78, 5) is 16.5. The molecule has 1 aromatic carbocycles. The molecule has 2 saturated heterocycles. The molecule has 0 radical (unpaired) electrons. The fraction of sp³-hybridized carbons (Fsp3) is 0.476. The smallest absolute Gasteiger partial charge is 0.319 e. The zero-order valence-corrected chi connectivity index (χ0v) is 16.5. The summed E-state index contributed by atoms with van der Waals surface area (Å²) in [5.41, 5.74) is 0.781. The van der Waals surface area contributed by atoms with Crippen LogP contribution in [0.1, 0.15) is 37.0 Å². The van der Waals surface area contributed by atoms with Gasteiger partial charge in [-0.3, -0.25) is 4.90 Å². The van der Waals surface area contributed by atoms with Gasteiger partial charge in [-0.2, -0.15) is 0 Å². The number of hydrogen-bond acceptors (Lipinski definition) is 4. The molecule has 2 bridgehead atoms. The number of piperidine rings is 2. The topological polar surface area (TPSA) is 53.6 Å². The van der Waals surface area contributed by atoms with Crippen molar-refractivity contribution in [2.45, 2.75) is 56.8 Å². The molecule has 0 spiro atoms. The van der Waals surface area contributed by atoms with Gasteiger partial charge in [0.2, 0.25) is 0 Å². The second-order valence-corrected chi connectivity index (χ2v) is 8.52. The normalized spacial score (nSPS) is 25.0. The average molecular weight is 386 g/mol. The van der Waals surface area contributed by atoms with Gasteiger partial charge in [0, 0.05) is 35.2 Å². The number of hydrogen-bond donors (Lipinski definition) is 2. The summed E-state index contributed by atoms with van der Waals surface area (Å²) < 4.78 is 5.15. The second kappa shape index (κ2) is 8.31. The van der Waals surface area contributed by atoms with E-state index in [4.69, 9.17) is 4.74 Å². The van der Waals surface area contributed by atoms with Crippen LogP contribution in [-0.4, -0.2) is 36.2 Å². The number of urea groups is 1. The molecule has 2 fully saturated rings. The van der Waals surface area contributed by atoms with Gasteiger partial charge in [-0.05, 0) is 61.4 Å². The van der Waals surface area contributed by atoms with Gasteiger partial charge >= 0.3 is 6.03 Å². The number of carbonyl (C=O) groups excluding carboxylic acids is 1. The standard InChI is InChI=1S/C21H27N3O2S/c1-26-19-9-7-15(8-10-19)22-21(25)23-16-12-17-4-2-5-18(13-16)24(17)14-20-6-3-11-27-20/h3,6-11,16-18H,2,4-5,12-14H2,1H3,(H2,22,23,25)/t17-,18-/m0/s1. The molecule has 0 aliphatic carbocycles. The molecule has 3 heterocycles. The van der Waals surface area contributed by atoms with Crippen molar-refractivity contribution < 1.29 is 9.53 Å². The zero-order chi connectivity index (χ0) is 18.6. The van der Waals surface area contributed by atoms with E-state index >= 15 is 0 Å². The third-order valence-electron chi connectivity index (χ3n) is 5.73. The van der Waals surface area contributed by atoms with Gasteiger partial charge < -0.3 is 15.4 Å². The number of ether oxygens (including phenoxy) is 1. The number of methoxy groups -OCH3 is 1. The summed E-state index contributed by atoms with van der Waals surface area (Å²) in [6, 6.07) is 13.1. The van der Waals surface area contributed by atoms with E-state index in [1.807, 2.05) is 35.6 Å². The Morgan fingerprint density at radius 2 is 1.93 bits per heavy atom.